The predicted octanol–water partition coefficient (Wildman–Crippen LogP) is 1.46. The van der Waals surface area contributed by atoms with E-state index in [0.717, 1.165) is 19.9 Å². The summed E-state index contributed by atoms with van der Waals surface area (Å²) >= 11 is -2.33. The van der Waals surface area contributed by atoms with Gasteiger partial charge in [0.2, 0.25) is 0 Å². The van der Waals surface area contributed by atoms with Crippen molar-refractivity contribution in [2.45, 2.75) is 17.8 Å². The van der Waals surface area contributed by atoms with E-state index in [-0.39, 0.29) is 8.87 Å². The van der Waals surface area contributed by atoms with E-state index >= 15 is 0 Å². The Labute approximate surface area is 145 Å². The molecule has 0 radical (unpaired) electrons. The first-order valence-corrected chi connectivity index (χ1v) is 14.9. The van der Waals surface area contributed by atoms with Crippen molar-refractivity contribution in [1.82, 2.24) is 0 Å². The average Bonchev–Trinajstić information content (AvgIpc) is 2.34. The Kier molecular flexibility index (Phi) is 6.92. The number of benzene rings is 1. The standard InChI is InChI=1S/C7H5BrFO.2C2H4O2.C2H3O2.Pb/c1-10-7-3-5(8)2-6(9)4-7;3*1-2(3)4;/h2-3H,1H3;2*1H3,(H,3,4);1H2,(H,3,4);/q;;;;+2/p-2. The van der Waals surface area contributed by atoms with Crippen LogP contribution in [0.15, 0.2) is 16.6 Å². The molecule has 1 rings (SSSR count). The van der Waals surface area contributed by atoms with Crippen LogP contribution < -0.4 is 7.86 Å². The number of hydrogen-bond donors (Lipinski definition) is 1. The zero-order chi connectivity index (χ0) is 17.8. The van der Waals surface area contributed by atoms with E-state index in [9.17, 15) is 18.8 Å². The summed E-state index contributed by atoms with van der Waals surface area (Å²) in [5.41, 5.74) is 0. The Bertz CT molecular complexity index is 609. The SMILES string of the molecule is COc1cc(Br)cc(F)[c]1[Pb]([CH2]C(=O)O)([O]C(C)=O)[O]C(C)=O. The molecule has 0 spiro atoms. The minimum absolute atomic E-state index is 0.0534. The molecule has 1 aromatic rings. The number of aliphatic carboxylic acids is 1. The molecule has 0 aliphatic carbocycles. The second-order valence-corrected chi connectivity index (χ2v) is 16.2. The number of rotatable bonds is 6. The molecular formula is C13H14BrFO7Pb. The fourth-order valence-electron chi connectivity index (χ4n) is 2.03. The number of ether oxygens (including phenoxy) is 1. The summed E-state index contributed by atoms with van der Waals surface area (Å²) in [6, 6.07) is 2.43. The van der Waals surface area contributed by atoms with Crippen LogP contribution in [0.2, 0.25) is 3.98 Å². The number of carbonyl (C=O) groups is 3. The van der Waals surface area contributed by atoms with E-state index in [1.807, 2.05) is 0 Å². The molecule has 0 saturated carbocycles. The summed E-state index contributed by atoms with van der Waals surface area (Å²) in [6.45, 7) is 2.06. The van der Waals surface area contributed by atoms with Gasteiger partial charge in [-0.1, -0.05) is 0 Å². The van der Waals surface area contributed by atoms with Gasteiger partial charge < -0.3 is 0 Å². The molecule has 126 valence electrons. The van der Waals surface area contributed by atoms with E-state index in [1.165, 1.54) is 13.2 Å². The van der Waals surface area contributed by atoms with Crippen molar-refractivity contribution >= 4 is 59.0 Å². The summed E-state index contributed by atoms with van der Waals surface area (Å²) in [6.07, 6.45) is 0. The molecule has 0 aliphatic heterocycles. The van der Waals surface area contributed by atoms with Crippen LogP contribution in [-0.2, 0) is 19.8 Å². The van der Waals surface area contributed by atoms with Gasteiger partial charge >= 0.3 is 146 Å². The van der Waals surface area contributed by atoms with Crippen molar-refractivity contribution < 1.29 is 34.0 Å². The molecular weight excluding hydrogens is 574 g/mol. The van der Waals surface area contributed by atoms with Gasteiger partial charge in [0.05, 0.1) is 0 Å². The van der Waals surface area contributed by atoms with Gasteiger partial charge in [-0.2, -0.15) is 0 Å². The summed E-state index contributed by atoms with van der Waals surface area (Å²) in [7, 11) is 1.24. The maximum absolute atomic E-state index is 14.5. The molecule has 0 atom stereocenters. The Morgan fingerprint density at radius 2 is 1.74 bits per heavy atom. The minimum atomic E-state index is -5.41. The van der Waals surface area contributed by atoms with E-state index < -0.39 is 49.8 Å². The molecule has 23 heavy (non-hydrogen) atoms. The molecule has 0 unspecified atom stereocenters. The molecule has 0 amide bonds. The summed E-state index contributed by atoms with van der Waals surface area (Å²) in [5, 5.41) is 9.15. The third kappa shape index (κ3) is 5.13. The topological polar surface area (TPSA) is 99.1 Å². The van der Waals surface area contributed by atoms with Crippen LogP contribution in [0, 0.1) is 5.82 Å². The molecule has 10 heteroatoms. The van der Waals surface area contributed by atoms with Crippen LogP contribution in [0.4, 0.5) is 4.39 Å². The molecule has 1 aromatic carbocycles. The second kappa shape index (κ2) is 8.04. The van der Waals surface area contributed by atoms with Crippen LogP contribution in [-0.4, -0.2) is 52.2 Å². The van der Waals surface area contributed by atoms with Crippen LogP contribution in [0.5, 0.6) is 5.75 Å². The molecule has 0 fully saturated rings. The first-order chi connectivity index (χ1) is 10.6. The van der Waals surface area contributed by atoms with Gasteiger partial charge in [0.1, 0.15) is 0 Å². The van der Waals surface area contributed by atoms with Crippen molar-refractivity contribution in [3.8, 4) is 5.75 Å². The van der Waals surface area contributed by atoms with E-state index in [2.05, 4.69) is 15.9 Å². The van der Waals surface area contributed by atoms with Crippen molar-refractivity contribution in [2.24, 2.45) is 0 Å². The first-order valence-electron chi connectivity index (χ1n) is 6.25. The Balaban J connectivity index is 3.69. The van der Waals surface area contributed by atoms with Gasteiger partial charge in [-0.25, -0.2) is 0 Å². The van der Waals surface area contributed by atoms with Crippen LogP contribution >= 0.6 is 15.9 Å². The zero-order valence-corrected chi connectivity index (χ0v) is 18.0. The zero-order valence-electron chi connectivity index (χ0n) is 12.5. The fourth-order valence-corrected chi connectivity index (χ4v) is 13.6. The van der Waals surface area contributed by atoms with Crippen LogP contribution in [0.3, 0.4) is 0 Å². The quantitative estimate of drug-likeness (QED) is 0.503. The molecule has 1 N–H and O–H groups in total. The third-order valence-electron chi connectivity index (χ3n) is 2.62. The van der Waals surface area contributed by atoms with Crippen molar-refractivity contribution in [1.29, 1.82) is 0 Å². The van der Waals surface area contributed by atoms with E-state index in [0.29, 0.717) is 4.47 Å². The normalized spacial score (nSPS) is 10.8. The van der Waals surface area contributed by atoms with Crippen LogP contribution in [0.1, 0.15) is 13.8 Å². The molecule has 0 saturated heterocycles. The molecule has 0 heterocycles. The van der Waals surface area contributed by atoms with Gasteiger partial charge in [0, 0.05) is 0 Å². The number of halogens is 2. The average molecular weight is 588 g/mol. The summed E-state index contributed by atoms with van der Waals surface area (Å²) in [5.74, 6) is -4.03. The molecule has 0 bridgehead atoms. The van der Waals surface area contributed by atoms with Gasteiger partial charge in [0.25, 0.3) is 0 Å². The Morgan fingerprint density at radius 1 is 1.22 bits per heavy atom. The Morgan fingerprint density at radius 3 is 2.13 bits per heavy atom. The maximum atomic E-state index is 14.5. The van der Waals surface area contributed by atoms with E-state index in [1.54, 1.807) is 0 Å². The van der Waals surface area contributed by atoms with E-state index in [4.69, 9.17) is 15.2 Å². The number of methoxy groups -OCH3 is 1. The van der Waals surface area contributed by atoms with Crippen molar-refractivity contribution in [3.63, 3.8) is 0 Å². The molecule has 0 aromatic heterocycles. The van der Waals surface area contributed by atoms with Gasteiger partial charge in [0.15, 0.2) is 0 Å². The van der Waals surface area contributed by atoms with Gasteiger partial charge in [-0.15, -0.1) is 0 Å². The van der Waals surface area contributed by atoms with Crippen LogP contribution in [0.25, 0.3) is 0 Å². The number of carbonyl (C=O) groups excluding carboxylic acids is 2. The fraction of sp³-hybridized carbons (Fsp3) is 0.308. The number of carboxylic acid groups (broad SMARTS) is 1. The van der Waals surface area contributed by atoms with Gasteiger partial charge in [-0.05, 0) is 0 Å². The predicted molar refractivity (Wildman–Crippen MR) is 82.0 cm³/mol. The molecule has 7 nitrogen and oxygen atoms in total. The Hall–Kier alpha value is -1.24. The van der Waals surface area contributed by atoms with Crippen molar-refractivity contribution in [2.75, 3.05) is 7.11 Å². The second-order valence-electron chi connectivity index (χ2n) is 4.48. The molecule has 0 aliphatic rings. The summed E-state index contributed by atoms with van der Waals surface area (Å²) in [4.78, 5) is 34.1. The summed E-state index contributed by atoms with van der Waals surface area (Å²) < 4.78 is 29.1. The van der Waals surface area contributed by atoms with Crippen molar-refractivity contribution in [3.05, 3.63) is 22.4 Å². The monoisotopic (exact) mass is 588 g/mol. The number of carboxylic acids is 1. The van der Waals surface area contributed by atoms with Gasteiger partial charge in [-0.3, -0.25) is 0 Å². The first kappa shape index (κ1) is 19.8. The third-order valence-corrected chi connectivity index (χ3v) is 15.7. The number of hydrogen-bond acceptors (Lipinski definition) is 6.